The molecule has 0 radical (unpaired) electrons. The van der Waals surface area contributed by atoms with Crippen LogP contribution in [0.3, 0.4) is 0 Å². The highest BCUT2D eigenvalue weighted by atomic mass is 16.5. The number of hydrogen-bond donors (Lipinski definition) is 0. The van der Waals surface area contributed by atoms with E-state index in [9.17, 15) is 4.79 Å². The molecular weight excluding hydrogens is 212 g/mol. The molecule has 2 aromatic rings. The Morgan fingerprint density at radius 3 is 2.65 bits per heavy atom. The number of benzene rings is 2. The Bertz CT molecular complexity index is 558. The molecule has 0 saturated carbocycles. The second-order valence-corrected chi connectivity index (χ2v) is 3.87. The Balaban J connectivity index is 2.36. The van der Waals surface area contributed by atoms with Gasteiger partial charge in [0.15, 0.2) is 6.10 Å². The Hall–Kier alpha value is -2.09. The van der Waals surface area contributed by atoms with Crippen molar-refractivity contribution in [3.63, 3.8) is 0 Å². The van der Waals surface area contributed by atoms with Gasteiger partial charge in [-0.1, -0.05) is 43.0 Å². The zero-order chi connectivity index (χ0) is 12.3. The first kappa shape index (κ1) is 11.4. The van der Waals surface area contributed by atoms with Crippen molar-refractivity contribution in [3.8, 4) is 0 Å². The van der Waals surface area contributed by atoms with Crippen molar-refractivity contribution in [2.75, 3.05) is 0 Å². The number of Topliss-reactive ketones (excluding diaryl/α,β-unsaturated/α-hetero) is 1. The second-order valence-electron chi connectivity index (χ2n) is 3.87. The molecular formula is C15H14O2. The number of ether oxygens (including phenoxy) is 1. The Morgan fingerprint density at radius 1 is 1.24 bits per heavy atom. The van der Waals surface area contributed by atoms with Gasteiger partial charge in [-0.2, -0.15) is 0 Å². The van der Waals surface area contributed by atoms with Gasteiger partial charge in [-0.3, -0.25) is 4.79 Å². The van der Waals surface area contributed by atoms with Crippen molar-refractivity contribution in [1.82, 2.24) is 0 Å². The van der Waals surface area contributed by atoms with Crippen LogP contribution in [0.4, 0.5) is 0 Å². The van der Waals surface area contributed by atoms with Gasteiger partial charge in [-0.25, -0.2) is 0 Å². The summed E-state index contributed by atoms with van der Waals surface area (Å²) in [4.78, 5) is 12.0. The van der Waals surface area contributed by atoms with Gasteiger partial charge in [-0.05, 0) is 23.8 Å². The maximum absolute atomic E-state index is 12.0. The molecule has 0 aliphatic carbocycles. The van der Waals surface area contributed by atoms with E-state index in [0.717, 1.165) is 10.8 Å². The van der Waals surface area contributed by atoms with Crippen LogP contribution < -0.4 is 0 Å². The lowest BCUT2D eigenvalue weighted by Gasteiger charge is -2.10. The molecule has 0 amide bonds. The van der Waals surface area contributed by atoms with Crippen LogP contribution in [0.5, 0.6) is 0 Å². The molecule has 1 atom stereocenters. The van der Waals surface area contributed by atoms with Gasteiger partial charge >= 0.3 is 0 Å². The summed E-state index contributed by atoms with van der Waals surface area (Å²) >= 11 is 0. The highest BCUT2D eigenvalue weighted by Gasteiger charge is 2.15. The maximum atomic E-state index is 12.0. The third-order valence-corrected chi connectivity index (χ3v) is 2.70. The number of ketones is 1. The van der Waals surface area contributed by atoms with E-state index in [1.54, 1.807) is 6.92 Å². The van der Waals surface area contributed by atoms with E-state index in [4.69, 9.17) is 4.74 Å². The maximum Gasteiger partial charge on any atom is 0.202 e. The lowest BCUT2D eigenvalue weighted by atomic mass is 10.0. The summed E-state index contributed by atoms with van der Waals surface area (Å²) in [5.74, 6) is -0.0318. The molecule has 17 heavy (non-hydrogen) atoms. The predicted octanol–water partition coefficient (Wildman–Crippen LogP) is 3.57. The molecule has 2 nitrogen and oxygen atoms in total. The van der Waals surface area contributed by atoms with Crippen LogP contribution in [0.15, 0.2) is 55.3 Å². The van der Waals surface area contributed by atoms with Crippen LogP contribution in [-0.2, 0) is 4.74 Å². The summed E-state index contributed by atoms with van der Waals surface area (Å²) in [6, 6.07) is 13.6. The SMILES string of the molecule is C=COC(C)C(=O)c1ccc2ccccc2c1. The molecule has 0 aliphatic rings. The molecule has 2 heteroatoms. The fourth-order valence-corrected chi connectivity index (χ4v) is 1.78. The molecule has 0 fully saturated rings. The third kappa shape index (κ3) is 2.36. The zero-order valence-electron chi connectivity index (χ0n) is 9.72. The first-order chi connectivity index (χ1) is 8.22. The van der Waals surface area contributed by atoms with Crippen LogP contribution in [0.1, 0.15) is 17.3 Å². The van der Waals surface area contributed by atoms with E-state index in [0.29, 0.717) is 5.56 Å². The molecule has 0 saturated heterocycles. The van der Waals surface area contributed by atoms with Gasteiger partial charge in [0.05, 0.1) is 6.26 Å². The monoisotopic (exact) mass is 226 g/mol. The molecule has 0 N–H and O–H groups in total. The van der Waals surface area contributed by atoms with Crippen molar-refractivity contribution in [3.05, 3.63) is 60.9 Å². The average Bonchev–Trinajstić information content (AvgIpc) is 2.37. The summed E-state index contributed by atoms with van der Waals surface area (Å²) in [5.41, 5.74) is 0.665. The standard InChI is InChI=1S/C15H14O2/c1-3-17-11(2)15(16)14-9-8-12-6-4-5-7-13(12)10-14/h3-11H,1H2,2H3. The number of fused-ring (bicyclic) bond motifs is 1. The molecule has 86 valence electrons. The lowest BCUT2D eigenvalue weighted by Crippen LogP contribution is -2.18. The summed E-state index contributed by atoms with van der Waals surface area (Å²) in [6.07, 6.45) is 0.803. The number of rotatable bonds is 4. The highest BCUT2D eigenvalue weighted by Crippen LogP contribution is 2.17. The van der Waals surface area contributed by atoms with Crippen LogP contribution in [0.2, 0.25) is 0 Å². The van der Waals surface area contributed by atoms with Crippen molar-refractivity contribution in [2.45, 2.75) is 13.0 Å². The van der Waals surface area contributed by atoms with Gasteiger partial charge in [0.2, 0.25) is 5.78 Å². The Labute approximate surface area is 101 Å². The smallest absolute Gasteiger partial charge is 0.202 e. The van der Waals surface area contributed by atoms with Crippen molar-refractivity contribution >= 4 is 16.6 Å². The summed E-state index contributed by atoms with van der Waals surface area (Å²) < 4.78 is 5.08. The minimum Gasteiger partial charge on any atom is -0.491 e. The van der Waals surface area contributed by atoms with Crippen LogP contribution in [0.25, 0.3) is 10.8 Å². The van der Waals surface area contributed by atoms with E-state index in [1.165, 1.54) is 6.26 Å². The van der Waals surface area contributed by atoms with E-state index in [1.807, 2.05) is 42.5 Å². The van der Waals surface area contributed by atoms with E-state index in [2.05, 4.69) is 6.58 Å². The fraction of sp³-hybridized carbons (Fsp3) is 0.133. The van der Waals surface area contributed by atoms with Gasteiger partial charge in [0, 0.05) is 5.56 Å². The van der Waals surface area contributed by atoms with Gasteiger partial charge in [0.25, 0.3) is 0 Å². The molecule has 0 bridgehead atoms. The van der Waals surface area contributed by atoms with Crippen LogP contribution in [0, 0.1) is 0 Å². The average molecular weight is 226 g/mol. The minimum atomic E-state index is -0.492. The second kappa shape index (κ2) is 4.83. The molecule has 0 aromatic heterocycles. The van der Waals surface area contributed by atoms with Crippen LogP contribution in [-0.4, -0.2) is 11.9 Å². The Morgan fingerprint density at radius 2 is 1.94 bits per heavy atom. The third-order valence-electron chi connectivity index (χ3n) is 2.70. The van der Waals surface area contributed by atoms with E-state index in [-0.39, 0.29) is 5.78 Å². The fourth-order valence-electron chi connectivity index (χ4n) is 1.78. The highest BCUT2D eigenvalue weighted by molar-refractivity contribution is 6.02. The zero-order valence-corrected chi connectivity index (χ0v) is 9.72. The molecule has 2 rings (SSSR count). The lowest BCUT2D eigenvalue weighted by molar-refractivity contribution is 0.0743. The van der Waals surface area contributed by atoms with Gasteiger partial charge < -0.3 is 4.74 Å². The molecule has 0 heterocycles. The predicted molar refractivity (Wildman–Crippen MR) is 69.0 cm³/mol. The topological polar surface area (TPSA) is 26.3 Å². The minimum absolute atomic E-state index is 0.0318. The largest absolute Gasteiger partial charge is 0.491 e. The molecule has 0 aliphatic heterocycles. The summed E-state index contributed by atoms with van der Waals surface area (Å²) in [7, 11) is 0. The number of hydrogen-bond acceptors (Lipinski definition) is 2. The summed E-state index contributed by atoms with van der Waals surface area (Å²) in [5, 5.41) is 2.19. The van der Waals surface area contributed by atoms with Crippen LogP contribution >= 0.6 is 0 Å². The van der Waals surface area contributed by atoms with Gasteiger partial charge in [-0.15, -0.1) is 0 Å². The molecule has 2 aromatic carbocycles. The van der Waals surface area contributed by atoms with Crippen molar-refractivity contribution in [1.29, 1.82) is 0 Å². The number of carbonyl (C=O) groups excluding carboxylic acids is 1. The number of carbonyl (C=O) groups is 1. The van der Waals surface area contributed by atoms with E-state index >= 15 is 0 Å². The first-order valence-corrected chi connectivity index (χ1v) is 5.52. The normalized spacial score (nSPS) is 12.1. The van der Waals surface area contributed by atoms with Crippen molar-refractivity contribution in [2.24, 2.45) is 0 Å². The Kier molecular flexibility index (Phi) is 3.24. The first-order valence-electron chi connectivity index (χ1n) is 5.52. The van der Waals surface area contributed by atoms with Crippen molar-refractivity contribution < 1.29 is 9.53 Å². The quantitative estimate of drug-likeness (QED) is 0.588. The summed E-state index contributed by atoms with van der Waals surface area (Å²) in [6.45, 7) is 5.17. The van der Waals surface area contributed by atoms with E-state index < -0.39 is 6.10 Å². The molecule has 0 spiro atoms. The van der Waals surface area contributed by atoms with Gasteiger partial charge in [0.1, 0.15) is 0 Å². The molecule has 1 unspecified atom stereocenters.